The lowest BCUT2D eigenvalue weighted by Gasteiger charge is -1.95. The average Bonchev–Trinajstić information content (AvgIpc) is 2.04. The maximum absolute atomic E-state index is 7.23. The van der Waals surface area contributed by atoms with Gasteiger partial charge in [-0.25, -0.2) is 0 Å². The Bertz CT molecular complexity index is 257. The van der Waals surface area contributed by atoms with E-state index in [1.54, 1.807) is 12.1 Å². The molecule has 0 aliphatic rings. The first-order valence-electron chi connectivity index (χ1n) is 4.75. The first-order valence-corrected chi connectivity index (χ1v) is 2.80. The molecule has 48 valence electrons. The van der Waals surface area contributed by atoms with Crippen molar-refractivity contribution in [3.8, 4) is 0 Å². The highest BCUT2D eigenvalue weighted by Crippen LogP contribution is 1.95. The third-order valence-electron chi connectivity index (χ3n) is 1.10. The van der Waals surface area contributed by atoms with Gasteiger partial charge in [0.2, 0.25) is 0 Å². The molecular formula is C8H11N. The van der Waals surface area contributed by atoms with Crippen LogP contribution in [0.3, 0.4) is 0 Å². The van der Waals surface area contributed by atoms with Gasteiger partial charge < -0.3 is 5.31 Å². The lowest BCUT2D eigenvalue weighted by molar-refractivity contribution is 0.818. The minimum absolute atomic E-state index is 0.122. The van der Waals surface area contributed by atoms with E-state index in [9.17, 15) is 0 Å². The molecule has 0 atom stereocenters. The molecule has 0 aliphatic carbocycles. The predicted octanol–water partition coefficient (Wildman–Crippen LogP) is 1.41. The fourth-order valence-corrected chi connectivity index (χ4v) is 0.675. The van der Waals surface area contributed by atoms with Gasteiger partial charge in [-0.1, -0.05) is 30.3 Å². The summed E-state index contributed by atoms with van der Waals surface area (Å²) < 4.78 is 28.1. The molecule has 1 aromatic carbocycles. The van der Waals surface area contributed by atoms with Crippen molar-refractivity contribution in [2.75, 3.05) is 6.98 Å². The molecule has 1 heteroatoms. The molecule has 1 N–H and O–H groups in total. The second-order valence-electron chi connectivity index (χ2n) is 1.80. The van der Waals surface area contributed by atoms with E-state index in [1.807, 2.05) is 18.2 Å². The Hall–Kier alpha value is -0.820. The van der Waals surface area contributed by atoms with Gasteiger partial charge in [0, 0.05) is 10.7 Å². The summed E-state index contributed by atoms with van der Waals surface area (Å²) in [6, 6.07) is 9.10. The van der Waals surface area contributed by atoms with Crippen molar-refractivity contribution in [2.45, 2.75) is 6.54 Å². The minimum Gasteiger partial charge on any atom is -0.316 e. The van der Waals surface area contributed by atoms with Gasteiger partial charge in [0.25, 0.3) is 0 Å². The molecule has 0 aliphatic heterocycles. The quantitative estimate of drug-likeness (QED) is 0.630. The molecule has 0 aromatic heterocycles. The Morgan fingerprint density at radius 3 is 3.00 bits per heavy atom. The van der Waals surface area contributed by atoms with E-state index in [4.69, 9.17) is 5.52 Å². The summed E-state index contributed by atoms with van der Waals surface area (Å²) in [5.74, 6) is 0. The topological polar surface area (TPSA) is 12.0 Å². The molecule has 0 unspecified atom stereocenters. The van der Waals surface area contributed by atoms with Crippen LogP contribution in [-0.4, -0.2) is 6.98 Å². The number of hydrogen-bond donors (Lipinski definition) is 1. The van der Waals surface area contributed by atoms with Crippen LogP contribution >= 0.6 is 0 Å². The van der Waals surface area contributed by atoms with Gasteiger partial charge in [0.1, 0.15) is 1.41 Å². The normalized spacial score (nSPS) is 17.9. The molecule has 1 nitrogen and oxygen atoms in total. The summed E-state index contributed by atoms with van der Waals surface area (Å²) in [7, 11) is 0. The van der Waals surface area contributed by atoms with E-state index < -0.39 is 6.98 Å². The number of benzene rings is 1. The first kappa shape index (κ1) is 2.84. The molecule has 0 saturated carbocycles. The Morgan fingerprint density at radius 2 is 2.33 bits per heavy atom. The largest absolute Gasteiger partial charge is 0.316 e. The van der Waals surface area contributed by atoms with Gasteiger partial charge in [0.05, 0.1) is 0 Å². The van der Waals surface area contributed by atoms with E-state index >= 15 is 0 Å². The van der Waals surface area contributed by atoms with Crippen molar-refractivity contribution in [1.82, 2.24) is 5.31 Å². The van der Waals surface area contributed by atoms with Crippen LogP contribution in [0.4, 0.5) is 0 Å². The van der Waals surface area contributed by atoms with Gasteiger partial charge in [0.15, 0.2) is 0 Å². The van der Waals surface area contributed by atoms with E-state index in [2.05, 4.69) is 0 Å². The molecular weight excluding hydrogens is 110 g/mol. The van der Waals surface area contributed by atoms with Crippen molar-refractivity contribution in [3.63, 3.8) is 0 Å². The average molecular weight is 125 g/mol. The van der Waals surface area contributed by atoms with Gasteiger partial charge >= 0.3 is 0 Å². The molecule has 0 radical (unpaired) electrons. The van der Waals surface area contributed by atoms with Crippen molar-refractivity contribution in [2.24, 2.45) is 0 Å². The molecule has 0 spiro atoms. The number of nitrogens with one attached hydrogen (secondary N) is 1. The van der Waals surface area contributed by atoms with Crippen LogP contribution in [0.25, 0.3) is 0 Å². The molecule has 0 fully saturated rings. The molecule has 1 aromatic rings. The van der Waals surface area contributed by atoms with Crippen molar-refractivity contribution in [3.05, 3.63) is 35.9 Å². The van der Waals surface area contributed by atoms with Gasteiger partial charge in [-0.3, -0.25) is 0 Å². The molecule has 1 rings (SSSR count). The summed E-state index contributed by atoms with van der Waals surface area (Å²) in [5, 5.41) is 0.600. The monoisotopic (exact) mass is 125 g/mol. The van der Waals surface area contributed by atoms with Crippen molar-refractivity contribution < 1.29 is 5.52 Å². The van der Waals surface area contributed by atoms with Gasteiger partial charge in [-0.15, -0.1) is 0 Å². The molecule has 0 amide bonds. The highest BCUT2D eigenvalue weighted by atomic mass is 14.8. The van der Waals surface area contributed by atoms with E-state index in [-0.39, 0.29) is 6.54 Å². The zero-order chi connectivity index (χ0) is 9.90. The Morgan fingerprint density at radius 1 is 1.56 bits per heavy atom. The lowest BCUT2D eigenvalue weighted by Crippen LogP contribution is -2.04. The maximum atomic E-state index is 7.23. The van der Waals surface area contributed by atoms with Crippen LogP contribution in [-0.2, 0) is 6.54 Å². The summed E-state index contributed by atoms with van der Waals surface area (Å²) in [6.07, 6.45) is 0. The lowest BCUT2D eigenvalue weighted by atomic mass is 10.2. The van der Waals surface area contributed by atoms with Crippen LogP contribution in [0, 0.1) is 0 Å². The van der Waals surface area contributed by atoms with Crippen LogP contribution < -0.4 is 5.31 Å². The number of rotatable bonds is 2. The Kier molecular flexibility index (Phi) is 1.03. The SMILES string of the molecule is [2H]N(Cc1ccccc1)C([2H])([2H])[2H]. The first-order chi connectivity index (χ1) is 6.00. The smallest absolute Gasteiger partial charge is 0.122 e. The van der Waals surface area contributed by atoms with E-state index in [1.165, 1.54) is 0 Å². The van der Waals surface area contributed by atoms with Crippen LogP contribution in [0.15, 0.2) is 30.3 Å². The molecule has 0 heterocycles. The third-order valence-corrected chi connectivity index (χ3v) is 1.10. The predicted molar refractivity (Wildman–Crippen MR) is 39.2 cm³/mol. The standard InChI is InChI=1S/C8H11N/c1-9-7-8-5-3-2-4-6-8/h2-6,9H,7H2,1H3/i1D3/hD. The molecule has 0 bridgehead atoms. The zero-order valence-corrected chi connectivity index (χ0v) is 5.04. The van der Waals surface area contributed by atoms with Crippen molar-refractivity contribution >= 4 is 0 Å². The van der Waals surface area contributed by atoms with E-state index in [0.29, 0.717) is 5.31 Å². The summed E-state index contributed by atoms with van der Waals surface area (Å²) in [6.45, 7) is -2.22. The summed E-state index contributed by atoms with van der Waals surface area (Å²) in [5.41, 5.74) is 0.827. The van der Waals surface area contributed by atoms with Crippen LogP contribution in [0.2, 0.25) is 1.41 Å². The summed E-state index contributed by atoms with van der Waals surface area (Å²) >= 11 is 0. The van der Waals surface area contributed by atoms with Gasteiger partial charge in [-0.2, -0.15) is 0 Å². The fraction of sp³-hybridized carbons (Fsp3) is 0.250. The van der Waals surface area contributed by atoms with Crippen LogP contribution in [0.5, 0.6) is 0 Å². The van der Waals surface area contributed by atoms with Gasteiger partial charge in [-0.05, 0) is 12.5 Å². The van der Waals surface area contributed by atoms with E-state index in [0.717, 1.165) is 5.56 Å². The zero-order valence-electron chi connectivity index (χ0n) is 9.04. The Balaban J connectivity index is 2.61. The minimum atomic E-state index is -2.34. The highest BCUT2D eigenvalue weighted by Gasteiger charge is 1.83. The second-order valence-corrected chi connectivity index (χ2v) is 1.80. The highest BCUT2D eigenvalue weighted by molar-refractivity contribution is 5.13. The van der Waals surface area contributed by atoms with Crippen LogP contribution in [0.1, 0.15) is 9.68 Å². The fourth-order valence-electron chi connectivity index (χ4n) is 0.675. The second kappa shape index (κ2) is 3.25. The summed E-state index contributed by atoms with van der Waals surface area (Å²) in [4.78, 5) is 0. The van der Waals surface area contributed by atoms with Crippen molar-refractivity contribution in [1.29, 1.82) is 0 Å². The maximum Gasteiger partial charge on any atom is 0.122 e. The number of hydrogen-bond acceptors (Lipinski definition) is 1. The molecule has 0 saturated heterocycles. The molecule has 9 heavy (non-hydrogen) atoms. The Labute approximate surface area is 61.4 Å². The third kappa shape index (κ3) is 1.86.